The SMILES string of the molecule is Cc1nc(Nc2nccs2)cc(C2CCN(C(=O)/C=C/CN(C)C)C2)n1. The van der Waals surface area contributed by atoms with Gasteiger partial charge in [-0.25, -0.2) is 15.0 Å². The highest BCUT2D eigenvalue weighted by Gasteiger charge is 2.27. The first kappa shape index (κ1) is 18.5. The Bertz CT molecular complexity index is 774. The molecule has 1 fully saturated rings. The van der Waals surface area contributed by atoms with E-state index in [-0.39, 0.29) is 11.8 Å². The van der Waals surface area contributed by atoms with Crippen molar-refractivity contribution in [3.8, 4) is 0 Å². The third-order valence-electron chi connectivity index (χ3n) is 4.17. The molecule has 2 aromatic rings. The molecule has 1 aliphatic heterocycles. The Hall–Kier alpha value is -2.32. The van der Waals surface area contributed by atoms with Gasteiger partial charge in [0.05, 0.1) is 5.69 Å². The number of carbonyl (C=O) groups excluding carboxylic acids is 1. The maximum atomic E-state index is 12.3. The van der Waals surface area contributed by atoms with E-state index in [1.165, 1.54) is 11.3 Å². The first-order valence-corrected chi connectivity index (χ1v) is 9.51. The maximum absolute atomic E-state index is 12.3. The number of amides is 1. The molecule has 2 aromatic heterocycles. The molecule has 0 radical (unpaired) electrons. The fourth-order valence-corrected chi connectivity index (χ4v) is 3.47. The zero-order chi connectivity index (χ0) is 18.5. The highest BCUT2D eigenvalue weighted by molar-refractivity contribution is 7.13. The molecule has 0 spiro atoms. The van der Waals surface area contributed by atoms with E-state index in [9.17, 15) is 4.79 Å². The van der Waals surface area contributed by atoms with E-state index in [1.54, 1.807) is 12.3 Å². The summed E-state index contributed by atoms with van der Waals surface area (Å²) in [6, 6.07) is 1.97. The van der Waals surface area contributed by atoms with Gasteiger partial charge in [0.2, 0.25) is 5.91 Å². The minimum atomic E-state index is 0.0706. The Morgan fingerprint density at radius 1 is 1.46 bits per heavy atom. The molecule has 3 rings (SSSR count). The quantitative estimate of drug-likeness (QED) is 0.785. The van der Waals surface area contributed by atoms with Crippen molar-refractivity contribution in [2.75, 3.05) is 39.0 Å². The minimum absolute atomic E-state index is 0.0706. The van der Waals surface area contributed by atoms with Crippen LogP contribution < -0.4 is 5.32 Å². The van der Waals surface area contributed by atoms with Crippen molar-refractivity contribution in [2.45, 2.75) is 19.3 Å². The van der Waals surface area contributed by atoms with Gasteiger partial charge in [0, 0.05) is 49.3 Å². The number of rotatable bonds is 6. The average molecular weight is 372 g/mol. The predicted octanol–water partition coefficient (Wildman–Crippen LogP) is 2.42. The zero-order valence-corrected chi connectivity index (χ0v) is 16.2. The summed E-state index contributed by atoms with van der Waals surface area (Å²) in [4.78, 5) is 29.5. The summed E-state index contributed by atoms with van der Waals surface area (Å²) in [6.07, 6.45) is 6.25. The summed E-state index contributed by atoms with van der Waals surface area (Å²) in [6.45, 7) is 4.10. The van der Waals surface area contributed by atoms with E-state index in [0.717, 1.165) is 42.0 Å². The highest BCUT2D eigenvalue weighted by atomic mass is 32.1. The van der Waals surface area contributed by atoms with Crippen molar-refractivity contribution in [3.63, 3.8) is 0 Å². The van der Waals surface area contributed by atoms with Crippen LogP contribution in [0.3, 0.4) is 0 Å². The molecule has 0 bridgehead atoms. The fourth-order valence-electron chi connectivity index (χ4n) is 2.93. The van der Waals surface area contributed by atoms with E-state index in [2.05, 4.69) is 20.3 Å². The van der Waals surface area contributed by atoms with Gasteiger partial charge in [0.25, 0.3) is 0 Å². The van der Waals surface area contributed by atoms with E-state index in [1.807, 2.05) is 48.3 Å². The molecular weight excluding hydrogens is 348 g/mol. The molecule has 138 valence electrons. The fraction of sp³-hybridized carbons (Fsp3) is 0.444. The molecule has 3 heterocycles. The number of likely N-dealkylation sites (N-methyl/N-ethyl adjacent to an activating group) is 1. The summed E-state index contributed by atoms with van der Waals surface area (Å²) in [5, 5.41) is 5.95. The van der Waals surface area contributed by atoms with Gasteiger partial charge >= 0.3 is 0 Å². The molecule has 26 heavy (non-hydrogen) atoms. The number of thiazole rings is 1. The van der Waals surface area contributed by atoms with Crippen LogP contribution in [0.2, 0.25) is 0 Å². The lowest BCUT2D eigenvalue weighted by Gasteiger charge is -2.15. The topological polar surface area (TPSA) is 74.2 Å². The van der Waals surface area contributed by atoms with E-state index >= 15 is 0 Å². The summed E-state index contributed by atoms with van der Waals surface area (Å²) in [7, 11) is 3.96. The highest BCUT2D eigenvalue weighted by Crippen LogP contribution is 2.28. The van der Waals surface area contributed by atoms with Gasteiger partial charge in [-0.05, 0) is 27.4 Å². The molecule has 0 aromatic carbocycles. The van der Waals surface area contributed by atoms with Gasteiger partial charge in [0.15, 0.2) is 5.13 Å². The molecule has 1 N–H and O–H groups in total. The molecule has 1 atom stereocenters. The number of likely N-dealkylation sites (tertiary alicyclic amines) is 1. The van der Waals surface area contributed by atoms with Gasteiger partial charge in [-0.1, -0.05) is 6.08 Å². The zero-order valence-electron chi connectivity index (χ0n) is 15.3. The monoisotopic (exact) mass is 372 g/mol. The van der Waals surface area contributed by atoms with Crippen molar-refractivity contribution < 1.29 is 4.79 Å². The van der Waals surface area contributed by atoms with Gasteiger partial charge < -0.3 is 15.1 Å². The number of aryl methyl sites for hydroxylation is 1. The first-order valence-electron chi connectivity index (χ1n) is 8.63. The molecule has 1 aliphatic rings. The second-order valence-corrected chi connectivity index (χ2v) is 7.52. The van der Waals surface area contributed by atoms with Gasteiger partial charge in [0.1, 0.15) is 11.6 Å². The van der Waals surface area contributed by atoms with E-state index in [0.29, 0.717) is 6.54 Å². The number of hydrogen-bond donors (Lipinski definition) is 1. The largest absolute Gasteiger partial charge is 0.338 e. The Kier molecular flexibility index (Phi) is 5.95. The molecule has 0 saturated carbocycles. The molecule has 1 unspecified atom stereocenters. The van der Waals surface area contributed by atoms with Gasteiger partial charge in [-0.3, -0.25) is 4.79 Å². The Balaban J connectivity index is 1.65. The smallest absolute Gasteiger partial charge is 0.246 e. The second kappa shape index (κ2) is 8.37. The Morgan fingerprint density at radius 2 is 2.31 bits per heavy atom. The van der Waals surface area contributed by atoms with E-state index in [4.69, 9.17) is 0 Å². The van der Waals surface area contributed by atoms with Gasteiger partial charge in [-0.2, -0.15) is 0 Å². The van der Waals surface area contributed by atoms with Crippen LogP contribution in [-0.4, -0.2) is 64.4 Å². The molecule has 7 nitrogen and oxygen atoms in total. The molecule has 1 saturated heterocycles. The third-order valence-corrected chi connectivity index (χ3v) is 4.86. The van der Waals surface area contributed by atoms with Crippen LogP contribution in [0.15, 0.2) is 29.8 Å². The predicted molar refractivity (Wildman–Crippen MR) is 104 cm³/mol. The normalized spacial score (nSPS) is 17.4. The Labute approximate surface area is 157 Å². The van der Waals surface area contributed by atoms with Crippen LogP contribution in [0.1, 0.15) is 23.9 Å². The third kappa shape index (κ3) is 4.86. The number of nitrogens with one attached hydrogen (secondary N) is 1. The lowest BCUT2D eigenvalue weighted by atomic mass is 10.0. The summed E-state index contributed by atoms with van der Waals surface area (Å²) in [5.74, 6) is 1.77. The molecule has 0 aliphatic carbocycles. The number of anilines is 2. The number of aromatic nitrogens is 3. The van der Waals surface area contributed by atoms with Crippen molar-refractivity contribution in [2.24, 2.45) is 0 Å². The summed E-state index contributed by atoms with van der Waals surface area (Å²) in [5.41, 5.74) is 0.976. The number of carbonyl (C=O) groups is 1. The summed E-state index contributed by atoms with van der Waals surface area (Å²) >= 11 is 1.53. The number of hydrogen-bond acceptors (Lipinski definition) is 7. The van der Waals surface area contributed by atoms with E-state index < -0.39 is 0 Å². The second-order valence-electron chi connectivity index (χ2n) is 6.62. The minimum Gasteiger partial charge on any atom is -0.338 e. The lowest BCUT2D eigenvalue weighted by molar-refractivity contribution is -0.125. The first-order chi connectivity index (χ1) is 12.5. The van der Waals surface area contributed by atoms with Crippen LogP contribution in [0, 0.1) is 6.92 Å². The molecular formula is C18H24N6OS. The molecule has 8 heteroatoms. The van der Waals surface area contributed by atoms with Crippen LogP contribution in [0.5, 0.6) is 0 Å². The van der Waals surface area contributed by atoms with Crippen LogP contribution in [0.4, 0.5) is 10.9 Å². The van der Waals surface area contributed by atoms with Crippen molar-refractivity contribution >= 4 is 28.2 Å². The summed E-state index contributed by atoms with van der Waals surface area (Å²) < 4.78 is 0. The Morgan fingerprint density at radius 3 is 3.04 bits per heavy atom. The molecule has 1 amide bonds. The van der Waals surface area contributed by atoms with Crippen LogP contribution in [0.25, 0.3) is 0 Å². The van der Waals surface area contributed by atoms with Crippen molar-refractivity contribution in [1.82, 2.24) is 24.8 Å². The standard InChI is InChI=1S/C18H24N6OS/c1-13-20-15(11-16(21-13)22-18-19-7-10-26-18)14-6-9-24(12-14)17(25)5-4-8-23(2)3/h4-5,7,10-11,14H,6,8-9,12H2,1-3H3,(H,19,20,21,22)/b5-4+. The van der Waals surface area contributed by atoms with Crippen LogP contribution in [-0.2, 0) is 4.79 Å². The maximum Gasteiger partial charge on any atom is 0.246 e. The lowest BCUT2D eigenvalue weighted by Crippen LogP contribution is -2.27. The number of nitrogens with zero attached hydrogens (tertiary/aromatic N) is 5. The van der Waals surface area contributed by atoms with Crippen LogP contribution >= 0.6 is 11.3 Å². The average Bonchev–Trinajstić information content (AvgIpc) is 3.25. The van der Waals surface area contributed by atoms with Gasteiger partial charge in [-0.15, -0.1) is 11.3 Å². The van der Waals surface area contributed by atoms with Crippen molar-refractivity contribution in [3.05, 3.63) is 41.3 Å². The van der Waals surface area contributed by atoms with Crippen molar-refractivity contribution in [1.29, 1.82) is 0 Å².